The molecule has 9 rings (SSSR count). The first-order chi connectivity index (χ1) is 28.9. The van der Waals surface area contributed by atoms with Gasteiger partial charge < -0.3 is 31.3 Å². The van der Waals surface area contributed by atoms with Crippen LogP contribution < -0.4 is 21.7 Å². The Morgan fingerprint density at radius 3 is 2.20 bits per heavy atom. The maximum absolute atomic E-state index is 14.3. The highest BCUT2D eigenvalue weighted by Crippen LogP contribution is 2.44. The van der Waals surface area contributed by atoms with Crippen molar-refractivity contribution >= 4 is 40.6 Å². The van der Waals surface area contributed by atoms with Gasteiger partial charge in [-0.15, -0.1) is 0 Å². The average Bonchev–Trinajstić information content (AvgIpc) is 3.84. The number of nitrogens with zero attached hydrogens (tertiary/aromatic N) is 5. The van der Waals surface area contributed by atoms with E-state index in [1.54, 1.807) is 23.0 Å². The zero-order valence-electron chi connectivity index (χ0n) is 32.8. The van der Waals surface area contributed by atoms with Crippen molar-refractivity contribution in [1.29, 1.82) is 0 Å². The molecule has 3 heterocycles. The molecule has 0 atom stereocenters. The number of carbonyl (C=O) groups is 2. The normalized spacial score (nSPS) is 18.0. The number of benzene rings is 4. The highest BCUT2D eigenvalue weighted by atomic mass is 19.1. The van der Waals surface area contributed by atoms with Crippen LogP contribution in [-0.4, -0.2) is 74.7 Å². The van der Waals surface area contributed by atoms with Crippen LogP contribution in [0, 0.1) is 11.7 Å². The number of piperidine rings is 1. The number of fused-ring (bicyclic) bond motifs is 4. The summed E-state index contributed by atoms with van der Waals surface area (Å²) in [6.07, 6.45) is 7.24. The zero-order valence-corrected chi connectivity index (χ0v) is 32.8. The molecule has 0 radical (unpaired) electrons. The van der Waals surface area contributed by atoms with Gasteiger partial charge in [0.1, 0.15) is 18.8 Å². The number of nitrogens with one attached hydrogen (secondary N) is 3. The van der Waals surface area contributed by atoms with Gasteiger partial charge in [-0.05, 0) is 122 Å². The molecule has 3 aliphatic rings. The van der Waals surface area contributed by atoms with Gasteiger partial charge in [0.2, 0.25) is 5.95 Å². The first-order valence-corrected chi connectivity index (χ1v) is 20.7. The molecule has 0 bridgehead atoms. The van der Waals surface area contributed by atoms with Crippen molar-refractivity contribution in [3.8, 4) is 16.8 Å². The highest BCUT2D eigenvalue weighted by molar-refractivity contribution is 5.95. The maximum Gasteiger partial charge on any atom is 0.407 e. The van der Waals surface area contributed by atoms with Crippen molar-refractivity contribution in [2.45, 2.75) is 62.9 Å². The predicted octanol–water partition coefficient (Wildman–Crippen LogP) is 8.16. The Balaban J connectivity index is 0.856. The number of rotatable bonds is 11. The minimum Gasteiger partial charge on any atom is -0.449 e. The molecule has 6 aromatic rings. The lowest BCUT2D eigenvalue weighted by atomic mass is 9.91. The minimum atomic E-state index is -0.404. The summed E-state index contributed by atoms with van der Waals surface area (Å²) in [4.78, 5) is 42.7. The van der Waals surface area contributed by atoms with Crippen LogP contribution in [0.25, 0.3) is 28.0 Å². The number of alkyl carbamates (subject to hydrolysis) is 1. The molecule has 2 amide bonds. The molecule has 1 saturated heterocycles. The van der Waals surface area contributed by atoms with Crippen molar-refractivity contribution in [3.63, 3.8) is 0 Å². The van der Waals surface area contributed by atoms with Crippen molar-refractivity contribution in [1.82, 2.24) is 29.7 Å². The summed E-state index contributed by atoms with van der Waals surface area (Å²) in [7, 11) is 0. The zero-order chi connectivity index (χ0) is 40.3. The maximum atomic E-state index is 14.3. The predicted molar refractivity (Wildman–Crippen MR) is 227 cm³/mol. The third-order valence-corrected chi connectivity index (χ3v) is 12.1. The molecular formula is C46H48FN9O3. The van der Waals surface area contributed by atoms with Crippen molar-refractivity contribution in [3.05, 3.63) is 126 Å². The van der Waals surface area contributed by atoms with E-state index in [0.29, 0.717) is 46.6 Å². The number of imidazole rings is 1. The van der Waals surface area contributed by atoms with Crippen LogP contribution in [0.1, 0.15) is 72.3 Å². The van der Waals surface area contributed by atoms with Gasteiger partial charge in [-0.25, -0.2) is 14.2 Å². The second kappa shape index (κ2) is 16.9. The number of halogens is 1. The Morgan fingerprint density at radius 2 is 1.51 bits per heavy atom. The van der Waals surface area contributed by atoms with Gasteiger partial charge in [0.25, 0.3) is 5.91 Å². The van der Waals surface area contributed by atoms with Gasteiger partial charge in [0.05, 0.1) is 5.69 Å². The number of anilines is 3. The number of ether oxygens (including phenoxy) is 1. The molecular weight excluding hydrogens is 746 g/mol. The SMILES string of the molecule is NCCC1CCN(C(=O)c2ccc(Nc3nc(NC4CCC(NC(=O)OCC5c6ccccc6-c6ccccc65)CC4)nc4c3ncn4-c3cccc(F)c3)cc2)CC1. The molecule has 59 heavy (non-hydrogen) atoms. The van der Waals surface area contributed by atoms with Crippen LogP contribution in [0.5, 0.6) is 0 Å². The Hall–Kier alpha value is -6.34. The fraction of sp³-hybridized carbons (Fsp3) is 0.326. The van der Waals surface area contributed by atoms with Gasteiger partial charge in [-0.2, -0.15) is 9.97 Å². The smallest absolute Gasteiger partial charge is 0.407 e. The first-order valence-electron chi connectivity index (χ1n) is 20.7. The first kappa shape index (κ1) is 38.2. The van der Waals surface area contributed by atoms with Crippen LogP contribution >= 0.6 is 0 Å². The summed E-state index contributed by atoms with van der Waals surface area (Å²) in [5, 5.41) is 10.0. The second-order valence-electron chi connectivity index (χ2n) is 15.8. The monoisotopic (exact) mass is 793 g/mol. The number of likely N-dealkylation sites (tertiary alicyclic amines) is 1. The standard InChI is InChI=1S/C46H48FN9O3/c47-31-6-5-7-35(26-31)56-28-49-41-42(50-32-14-12-30(13-15-32)44(57)55-24-21-29(20-23-48)22-25-55)53-45(54-43(41)56)51-33-16-18-34(19-17-33)52-46(58)59-27-40-38-10-3-1-8-36(38)37-9-2-4-11-39(37)40/h1-15,26,28-29,33-34,40H,16-25,27,48H2,(H,52,58)(H2,50,51,53,54). The molecule has 12 nitrogen and oxygen atoms in total. The fourth-order valence-electron chi connectivity index (χ4n) is 8.91. The Labute approximate surface area is 342 Å². The molecule has 0 unspecified atom stereocenters. The van der Waals surface area contributed by atoms with E-state index in [1.807, 2.05) is 53.4 Å². The highest BCUT2D eigenvalue weighted by Gasteiger charge is 2.30. The number of nitrogens with two attached hydrogens (primary N) is 1. The molecule has 5 N–H and O–H groups in total. The van der Waals surface area contributed by atoms with E-state index >= 15 is 0 Å². The van der Waals surface area contributed by atoms with E-state index in [-0.39, 0.29) is 36.3 Å². The van der Waals surface area contributed by atoms with Gasteiger partial charge >= 0.3 is 6.09 Å². The van der Waals surface area contributed by atoms with Gasteiger partial charge in [-0.1, -0.05) is 54.6 Å². The summed E-state index contributed by atoms with van der Waals surface area (Å²) in [5.41, 5.74) is 13.5. The molecule has 0 spiro atoms. The molecule has 1 saturated carbocycles. The van der Waals surface area contributed by atoms with Gasteiger partial charge in [0.15, 0.2) is 17.0 Å². The number of hydrogen-bond donors (Lipinski definition) is 4. The average molecular weight is 794 g/mol. The number of hydrogen-bond acceptors (Lipinski definition) is 9. The minimum absolute atomic E-state index is 0.00510. The summed E-state index contributed by atoms with van der Waals surface area (Å²) < 4.78 is 21.9. The molecule has 2 aromatic heterocycles. The number of amides is 2. The fourth-order valence-corrected chi connectivity index (χ4v) is 8.91. The molecule has 2 fully saturated rings. The molecule has 4 aromatic carbocycles. The van der Waals surface area contributed by atoms with Crippen molar-refractivity contribution in [2.24, 2.45) is 11.7 Å². The van der Waals surface area contributed by atoms with E-state index in [2.05, 4.69) is 45.2 Å². The molecule has 13 heteroatoms. The lowest BCUT2D eigenvalue weighted by Gasteiger charge is -2.32. The summed E-state index contributed by atoms with van der Waals surface area (Å²) in [6, 6.07) is 30.3. The Morgan fingerprint density at radius 1 is 0.814 bits per heavy atom. The lowest BCUT2D eigenvalue weighted by molar-refractivity contribution is 0.0688. The van der Waals surface area contributed by atoms with Crippen LogP contribution in [0.15, 0.2) is 103 Å². The quantitative estimate of drug-likeness (QED) is 0.102. The third-order valence-electron chi connectivity index (χ3n) is 12.1. The van der Waals surface area contributed by atoms with E-state index in [1.165, 1.54) is 34.4 Å². The van der Waals surface area contributed by atoms with E-state index in [4.69, 9.17) is 20.4 Å². The lowest BCUT2D eigenvalue weighted by Crippen LogP contribution is -2.40. The Bertz CT molecular complexity index is 2410. The topological polar surface area (TPSA) is 152 Å². The summed E-state index contributed by atoms with van der Waals surface area (Å²) >= 11 is 0. The van der Waals surface area contributed by atoms with Crippen LogP contribution in [-0.2, 0) is 4.74 Å². The summed E-state index contributed by atoms with van der Waals surface area (Å²) in [5.74, 6) is 1.11. The number of aromatic nitrogens is 4. The van der Waals surface area contributed by atoms with Crippen LogP contribution in [0.2, 0.25) is 0 Å². The molecule has 1 aliphatic heterocycles. The third kappa shape index (κ3) is 8.20. The van der Waals surface area contributed by atoms with Gasteiger partial charge in [-0.3, -0.25) is 9.36 Å². The van der Waals surface area contributed by atoms with Crippen molar-refractivity contribution in [2.75, 3.05) is 36.9 Å². The second-order valence-corrected chi connectivity index (χ2v) is 15.8. The largest absolute Gasteiger partial charge is 0.449 e. The Kier molecular flexibility index (Phi) is 10.9. The molecule has 2 aliphatic carbocycles. The van der Waals surface area contributed by atoms with E-state index in [9.17, 15) is 14.0 Å². The van der Waals surface area contributed by atoms with Crippen LogP contribution in [0.3, 0.4) is 0 Å². The summed E-state index contributed by atoms with van der Waals surface area (Å²) in [6.45, 7) is 2.43. The van der Waals surface area contributed by atoms with Crippen molar-refractivity contribution < 1.29 is 18.7 Å². The van der Waals surface area contributed by atoms with Gasteiger partial charge in [0, 0.05) is 42.3 Å². The van der Waals surface area contributed by atoms with Crippen LogP contribution in [0.4, 0.5) is 26.6 Å². The number of carbonyl (C=O) groups excluding carboxylic acids is 2. The van der Waals surface area contributed by atoms with E-state index < -0.39 is 6.09 Å². The molecule has 302 valence electrons. The van der Waals surface area contributed by atoms with E-state index in [0.717, 1.165) is 63.7 Å².